The lowest BCUT2D eigenvalue weighted by Crippen LogP contribution is -2.19. The number of nitrogens with one attached hydrogen (secondary N) is 1. The highest BCUT2D eigenvalue weighted by atomic mass is 15.0. The molecule has 0 aliphatic carbocycles. The molecule has 0 radical (unpaired) electrons. The lowest BCUT2D eigenvalue weighted by molar-refractivity contribution is 0.623. The summed E-state index contributed by atoms with van der Waals surface area (Å²) in [6, 6.07) is 4.38. The third-order valence-electron chi connectivity index (χ3n) is 2.33. The van der Waals surface area contributed by atoms with E-state index in [4.69, 9.17) is 5.73 Å². The fourth-order valence-corrected chi connectivity index (χ4v) is 1.49. The first kappa shape index (κ1) is 10.8. The van der Waals surface area contributed by atoms with Gasteiger partial charge in [-0.05, 0) is 25.0 Å². The smallest absolute Gasteiger partial charge is 0.146 e. The third kappa shape index (κ3) is 2.91. The fraction of sp³-hybridized carbons (Fsp3) is 0.545. The first-order chi connectivity index (χ1) is 6.77. The van der Waals surface area contributed by atoms with E-state index in [0.29, 0.717) is 11.9 Å². The summed E-state index contributed by atoms with van der Waals surface area (Å²) in [5.74, 6) is 0.585. The van der Waals surface area contributed by atoms with Crippen LogP contribution in [0.4, 0.5) is 11.5 Å². The van der Waals surface area contributed by atoms with Crippen molar-refractivity contribution >= 4 is 11.5 Å². The molecule has 3 nitrogen and oxygen atoms in total. The molecule has 1 rings (SSSR count). The van der Waals surface area contributed by atoms with Crippen LogP contribution in [0.3, 0.4) is 0 Å². The molecular formula is C11H19N3. The molecule has 1 aromatic rings. The molecular weight excluding hydrogens is 174 g/mol. The minimum Gasteiger partial charge on any atom is -0.382 e. The monoisotopic (exact) mass is 193 g/mol. The molecule has 3 N–H and O–H groups in total. The average Bonchev–Trinajstić information content (AvgIpc) is 2.20. The molecule has 0 spiro atoms. The molecule has 0 saturated carbocycles. The number of pyridine rings is 1. The summed E-state index contributed by atoms with van der Waals surface area (Å²) in [5.41, 5.74) is 6.70. The molecule has 1 unspecified atom stereocenters. The zero-order valence-electron chi connectivity index (χ0n) is 8.96. The number of rotatable bonds is 5. The second-order valence-electron chi connectivity index (χ2n) is 3.47. The van der Waals surface area contributed by atoms with Crippen LogP contribution >= 0.6 is 0 Å². The van der Waals surface area contributed by atoms with Gasteiger partial charge in [0.25, 0.3) is 0 Å². The maximum Gasteiger partial charge on any atom is 0.146 e. The summed E-state index contributed by atoms with van der Waals surface area (Å²) in [5, 5.41) is 3.41. The van der Waals surface area contributed by atoms with Gasteiger partial charge in [-0.2, -0.15) is 0 Å². The van der Waals surface area contributed by atoms with E-state index in [1.54, 1.807) is 6.20 Å². The Kier molecular flexibility index (Phi) is 4.23. The number of nitrogens with zero attached hydrogens (tertiary/aromatic N) is 1. The van der Waals surface area contributed by atoms with Gasteiger partial charge >= 0.3 is 0 Å². The number of nitrogen functional groups attached to an aromatic ring is 1. The first-order valence-corrected chi connectivity index (χ1v) is 5.25. The lowest BCUT2D eigenvalue weighted by Gasteiger charge is -2.18. The van der Waals surface area contributed by atoms with Crippen molar-refractivity contribution in [2.45, 2.75) is 39.2 Å². The van der Waals surface area contributed by atoms with Gasteiger partial charge in [0.2, 0.25) is 0 Å². The Morgan fingerprint density at radius 1 is 1.50 bits per heavy atom. The summed E-state index contributed by atoms with van der Waals surface area (Å²) < 4.78 is 0. The van der Waals surface area contributed by atoms with Crippen LogP contribution in [-0.2, 0) is 0 Å². The Balaban J connectivity index is 2.62. The quantitative estimate of drug-likeness (QED) is 0.755. The van der Waals surface area contributed by atoms with Crippen LogP contribution in [0.25, 0.3) is 0 Å². The van der Waals surface area contributed by atoms with Crippen LogP contribution in [0.15, 0.2) is 18.3 Å². The van der Waals surface area contributed by atoms with E-state index >= 15 is 0 Å². The zero-order valence-corrected chi connectivity index (χ0v) is 8.96. The molecule has 0 aliphatic heterocycles. The molecule has 0 bridgehead atoms. The molecule has 0 amide bonds. The molecule has 1 aromatic heterocycles. The van der Waals surface area contributed by atoms with Crippen molar-refractivity contribution in [3.05, 3.63) is 18.3 Å². The van der Waals surface area contributed by atoms with Crippen LogP contribution in [0.1, 0.15) is 33.1 Å². The number of hydrogen-bond donors (Lipinski definition) is 2. The van der Waals surface area contributed by atoms with E-state index in [1.807, 2.05) is 12.1 Å². The molecule has 3 heteroatoms. The zero-order chi connectivity index (χ0) is 10.4. The Labute approximate surface area is 85.7 Å². The molecule has 1 heterocycles. The van der Waals surface area contributed by atoms with E-state index in [9.17, 15) is 0 Å². The highest BCUT2D eigenvalue weighted by Crippen LogP contribution is 2.17. The molecule has 0 aromatic carbocycles. The molecule has 14 heavy (non-hydrogen) atoms. The van der Waals surface area contributed by atoms with Gasteiger partial charge in [-0.3, -0.25) is 0 Å². The minimum atomic E-state index is 0.506. The molecule has 0 saturated heterocycles. The van der Waals surface area contributed by atoms with E-state index < -0.39 is 0 Å². The van der Waals surface area contributed by atoms with Crippen molar-refractivity contribution in [1.29, 1.82) is 0 Å². The Bertz CT molecular complexity index is 273. The van der Waals surface area contributed by atoms with Gasteiger partial charge in [-0.1, -0.05) is 20.3 Å². The second-order valence-corrected chi connectivity index (χ2v) is 3.47. The van der Waals surface area contributed by atoms with Crippen LogP contribution < -0.4 is 11.1 Å². The average molecular weight is 193 g/mol. The van der Waals surface area contributed by atoms with Crippen molar-refractivity contribution in [3.63, 3.8) is 0 Å². The normalized spacial score (nSPS) is 12.4. The lowest BCUT2D eigenvalue weighted by atomic mass is 10.1. The molecule has 0 aliphatic rings. The van der Waals surface area contributed by atoms with Gasteiger partial charge in [0, 0.05) is 12.2 Å². The highest BCUT2D eigenvalue weighted by molar-refractivity contribution is 5.61. The summed E-state index contributed by atoms with van der Waals surface area (Å²) in [6.45, 7) is 4.37. The summed E-state index contributed by atoms with van der Waals surface area (Å²) in [4.78, 5) is 4.04. The second kappa shape index (κ2) is 5.47. The van der Waals surface area contributed by atoms with E-state index in [2.05, 4.69) is 24.1 Å². The summed E-state index contributed by atoms with van der Waals surface area (Å²) in [6.07, 6.45) is 5.18. The minimum absolute atomic E-state index is 0.506. The van der Waals surface area contributed by atoms with Crippen molar-refractivity contribution in [2.75, 3.05) is 11.1 Å². The first-order valence-electron chi connectivity index (χ1n) is 5.25. The van der Waals surface area contributed by atoms with Crippen LogP contribution in [0, 0.1) is 0 Å². The predicted octanol–water partition coefficient (Wildman–Crippen LogP) is 2.65. The van der Waals surface area contributed by atoms with E-state index in [1.165, 1.54) is 12.8 Å². The summed E-state index contributed by atoms with van der Waals surface area (Å²) in [7, 11) is 0. The van der Waals surface area contributed by atoms with Gasteiger partial charge in [0.15, 0.2) is 0 Å². The number of anilines is 2. The number of nitrogens with two attached hydrogens (primary N) is 1. The standard InChI is InChI=1S/C11H19N3/c1-3-6-9(4-2)14-10-7-5-8-13-11(10)12/h5,7-9,14H,3-4,6H2,1-2H3,(H2,12,13). The topological polar surface area (TPSA) is 50.9 Å². The van der Waals surface area contributed by atoms with Gasteiger partial charge < -0.3 is 11.1 Å². The molecule has 1 atom stereocenters. The maximum atomic E-state index is 5.75. The van der Waals surface area contributed by atoms with Crippen LogP contribution in [0.2, 0.25) is 0 Å². The largest absolute Gasteiger partial charge is 0.382 e. The Morgan fingerprint density at radius 3 is 2.86 bits per heavy atom. The van der Waals surface area contributed by atoms with Gasteiger partial charge in [0.1, 0.15) is 5.82 Å². The highest BCUT2D eigenvalue weighted by Gasteiger charge is 2.06. The predicted molar refractivity (Wildman–Crippen MR) is 61.3 cm³/mol. The van der Waals surface area contributed by atoms with Crippen molar-refractivity contribution in [3.8, 4) is 0 Å². The molecule has 78 valence electrons. The molecule has 0 fully saturated rings. The van der Waals surface area contributed by atoms with Crippen molar-refractivity contribution < 1.29 is 0 Å². The van der Waals surface area contributed by atoms with E-state index in [0.717, 1.165) is 12.1 Å². The van der Waals surface area contributed by atoms with Gasteiger partial charge in [-0.25, -0.2) is 4.98 Å². The summed E-state index contributed by atoms with van der Waals surface area (Å²) >= 11 is 0. The van der Waals surface area contributed by atoms with Crippen LogP contribution in [0.5, 0.6) is 0 Å². The third-order valence-corrected chi connectivity index (χ3v) is 2.33. The van der Waals surface area contributed by atoms with Crippen LogP contribution in [-0.4, -0.2) is 11.0 Å². The Morgan fingerprint density at radius 2 is 2.29 bits per heavy atom. The van der Waals surface area contributed by atoms with Crippen molar-refractivity contribution in [2.24, 2.45) is 0 Å². The van der Waals surface area contributed by atoms with Crippen molar-refractivity contribution in [1.82, 2.24) is 4.98 Å². The number of hydrogen-bond acceptors (Lipinski definition) is 3. The van der Waals surface area contributed by atoms with E-state index in [-0.39, 0.29) is 0 Å². The fourth-order valence-electron chi connectivity index (χ4n) is 1.49. The van der Waals surface area contributed by atoms with Gasteiger partial charge in [-0.15, -0.1) is 0 Å². The number of aromatic nitrogens is 1. The maximum absolute atomic E-state index is 5.75. The SMILES string of the molecule is CCCC(CC)Nc1cccnc1N. The Hall–Kier alpha value is -1.25. The van der Waals surface area contributed by atoms with Gasteiger partial charge in [0.05, 0.1) is 5.69 Å².